The molecule has 1 unspecified atom stereocenters. The summed E-state index contributed by atoms with van der Waals surface area (Å²) in [4.78, 5) is 11.1. The molecular weight excluding hydrogens is 341 g/mol. The lowest BCUT2D eigenvalue weighted by atomic mass is 9.88. The Labute approximate surface area is 139 Å². The summed E-state index contributed by atoms with van der Waals surface area (Å²) >= 11 is 3.44. The minimum absolute atomic E-state index is 0.188. The van der Waals surface area contributed by atoms with Crippen molar-refractivity contribution >= 4 is 41.5 Å². The molecule has 0 aliphatic heterocycles. The van der Waals surface area contributed by atoms with E-state index in [1.807, 2.05) is 36.4 Å². The second-order valence-corrected chi connectivity index (χ2v) is 5.82. The summed E-state index contributed by atoms with van der Waals surface area (Å²) in [7, 11) is 3.48. The maximum absolute atomic E-state index is 11.1. The second kappa shape index (κ2) is 7.85. The highest BCUT2D eigenvalue weighted by atomic mass is 79.9. The van der Waals surface area contributed by atoms with Crippen molar-refractivity contribution < 1.29 is 9.53 Å². The van der Waals surface area contributed by atoms with E-state index < -0.39 is 0 Å². The quantitative estimate of drug-likeness (QED) is 0.506. The molecule has 0 aromatic heterocycles. The van der Waals surface area contributed by atoms with Gasteiger partial charge in [0.05, 0.1) is 7.11 Å². The maximum Gasteiger partial charge on any atom is 0.330 e. The fraction of sp³-hybridized carbons (Fsp3) is 0.118. The van der Waals surface area contributed by atoms with Crippen molar-refractivity contribution in [1.29, 1.82) is 0 Å². The summed E-state index contributed by atoms with van der Waals surface area (Å²) in [5.74, 6) is -0.172. The number of esters is 1. The Bertz CT molecular complexity index is 671. The predicted octanol–water partition coefficient (Wildman–Crippen LogP) is 3.38. The van der Waals surface area contributed by atoms with Crippen molar-refractivity contribution in [2.45, 2.75) is 5.94 Å². The molecule has 3 nitrogen and oxygen atoms in total. The molecule has 0 bridgehead atoms. The molecular formula is C17H17BBrNO2. The minimum atomic E-state index is -0.360. The summed E-state index contributed by atoms with van der Waals surface area (Å²) in [5, 5.41) is 3.45. The molecule has 1 N–H and O–H groups in total. The van der Waals surface area contributed by atoms with E-state index in [-0.39, 0.29) is 11.9 Å². The zero-order valence-electron chi connectivity index (χ0n) is 12.5. The molecule has 1 atom stereocenters. The Balaban J connectivity index is 2.08. The summed E-state index contributed by atoms with van der Waals surface area (Å²) < 4.78 is 5.66. The van der Waals surface area contributed by atoms with Crippen LogP contribution in [0.1, 0.15) is 17.1 Å². The molecule has 0 saturated heterocycles. The number of hydrogen-bond donors (Lipinski definition) is 1. The molecule has 0 radical (unpaired) electrons. The van der Waals surface area contributed by atoms with Crippen molar-refractivity contribution in [3.63, 3.8) is 0 Å². The molecule has 0 aliphatic carbocycles. The zero-order chi connectivity index (χ0) is 15.9. The molecule has 0 aliphatic rings. The molecule has 2 rings (SSSR count). The summed E-state index contributed by atoms with van der Waals surface area (Å²) in [5.41, 5.74) is 3.15. The van der Waals surface area contributed by atoms with Crippen LogP contribution in [0.25, 0.3) is 6.08 Å². The van der Waals surface area contributed by atoms with E-state index in [9.17, 15) is 4.79 Å². The first-order chi connectivity index (χ1) is 10.6. The molecule has 0 heterocycles. The van der Waals surface area contributed by atoms with Gasteiger partial charge in [-0.25, -0.2) is 4.79 Å². The number of benzene rings is 2. The average Bonchev–Trinajstić information content (AvgIpc) is 2.53. The van der Waals surface area contributed by atoms with Gasteiger partial charge in [-0.05, 0) is 41.5 Å². The van der Waals surface area contributed by atoms with Crippen molar-refractivity contribution in [3.05, 3.63) is 70.2 Å². The van der Waals surface area contributed by atoms with Gasteiger partial charge in [-0.1, -0.05) is 40.2 Å². The van der Waals surface area contributed by atoms with Gasteiger partial charge in [0.1, 0.15) is 7.85 Å². The first-order valence-corrected chi connectivity index (χ1v) is 7.76. The lowest BCUT2D eigenvalue weighted by molar-refractivity contribution is -0.134. The number of methoxy groups -OCH3 is 1. The molecule has 22 heavy (non-hydrogen) atoms. The summed E-state index contributed by atoms with van der Waals surface area (Å²) in [6.45, 7) is 0. The Morgan fingerprint density at radius 3 is 2.68 bits per heavy atom. The molecule has 5 heteroatoms. The number of hydrogen-bond acceptors (Lipinski definition) is 3. The van der Waals surface area contributed by atoms with Crippen LogP contribution in [0.4, 0.5) is 5.69 Å². The number of carbonyl (C=O) groups is 1. The highest BCUT2D eigenvalue weighted by Gasteiger charge is 2.05. The van der Waals surface area contributed by atoms with Gasteiger partial charge in [-0.3, -0.25) is 0 Å². The van der Waals surface area contributed by atoms with E-state index in [0.29, 0.717) is 0 Å². The van der Waals surface area contributed by atoms with E-state index in [0.717, 1.165) is 15.7 Å². The van der Waals surface area contributed by atoms with E-state index in [1.54, 1.807) is 6.08 Å². The van der Waals surface area contributed by atoms with Crippen LogP contribution in [-0.4, -0.2) is 20.9 Å². The Morgan fingerprint density at radius 1 is 1.27 bits per heavy atom. The maximum atomic E-state index is 11.1. The highest BCUT2D eigenvalue weighted by molar-refractivity contribution is 9.10. The van der Waals surface area contributed by atoms with Gasteiger partial charge in [-0.2, -0.15) is 0 Å². The Kier molecular flexibility index (Phi) is 5.84. The first kappa shape index (κ1) is 16.4. The van der Waals surface area contributed by atoms with Crippen molar-refractivity contribution in [3.8, 4) is 0 Å². The third-order valence-corrected chi connectivity index (χ3v) is 3.78. The van der Waals surface area contributed by atoms with Crippen LogP contribution in [0, 0.1) is 0 Å². The monoisotopic (exact) mass is 357 g/mol. The van der Waals surface area contributed by atoms with Gasteiger partial charge >= 0.3 is 5.97 Å². The largest absolute Gasteiger partial charge is 0.466 e. The van der Waals surface area contributed by atoms with Crippen molar-refractivity contribution in [2.75, 3.05) is 12.4 Å². The van der Waals surface area contributed by atoms with Gasteiger partial charge in [-0.15, -0.1) is 0 Å². The predicted molar refractivity (Wildman–Crippen MR) is 96.5 cm³/mol. The van der Waals surface area contributed by atoms with Crippen molar-refractivity contribution in [1.82, 2.24) is 0 Å². The Morgan fingerprint density at radius 2 is 2.00 bits per heavy atom. The number of halogens is 1. The van der Waals surface area contributed by atoms with Crippen LogP contribution in [-0.2, 0) is 9.53 Å². The van der Waals surface area contributed by atoms with Gasteiger partial charge in [0, 0.05) is 22.2 Å². The van der Waals surface area contributed by atoms with Gasteiger partial charge in [0.15, 0.2) is 0 Å². The Hall–Kier alpha value is -2.01. The smallest absolute Gasteiger partial charge is 0.330 e. The van der Waals surface area contributed by atoms with Crippen LogP contribution >= 0.6 is 15.9 Å². The molecule has 0 saturated carbocycles. The van der Waals surface area contributed by atoms with Gasteiger partial charge in [0.25, 0.3) is 0 Å². The summed E-state index contributed by atoms with van der Waals surface area (Å²) in [6, 6.07) is 16.1. The van der Waals surface area contributed by atoms with Crippen LogP contribution in [0.2, 0.25) is 0 Å². The lowest BCUT2D eigenvalue weighted by Gasteiger charge is -2.16. The third kappa shape index (κ3) is 4.77. The number of nitrogens with one attached hydrogen (secondary N) is 1. The average molecular weight is 358 g/mol. The molecule has 0 amide bonds. The number of carbonyl (C=O) groups excluding carboxylic acids is 1. The van der Waals surface area contributed by atoms with Crippen LogP contribution in [0.5, 0.6) is 0 Å². The zero-order valence-corrected chi connectivity index (χ0v) is 14.1. The third-order valence-electron chi connectivity index (χ3n) is 3.25. The summed E-state index contributed by atoms with van der Waals surface area (Å²) in [6.07, 6.45) is 3.15. The molecule has 0 fully saturated rings. The molecule has 112 valence electrons. The fourth-order valence-electron chi connectivity index (χ4n) is 2.05. The topological polar surface area (TPSA) is 38.3 Å². The van der Waals surface area contributed by atoms with Crippen LogP contribution < -0.4 is 5.32 Å². The normalized spacial score (nSPS) is 12.1. The fourth-order valence-corrected chi connectivity index (χ4v) is 2.31. The molecule has 0 spiro atoms. The minimum Gasteiger partial charge on any atom is -0.466 e. The first-order valence-electron chi connectivity index (χ1n) is 6.96. The van der Waals surface area contributed by atoms with E-state index in [2.05, 4.69) is 46.0 Å². The highest BCUT2D eigenvalue weighted by Crippen LogP contribution is 2.20. The number of anilines is 1. The number of rotatable bonds is 5. The van der Waals surface area contributed by atoms with E-state index >= 15 is 0 Å². The van der Waals surface area contributed by atoms with Crippen molar-refractivity contribution in [2.24, 2.45) is 0 Å². The molecule has 2 aromatic carbocycles. The van der Waals surface area contributed by atoms with E-state index in [4.69, 9.17) is 0 Å². The molecule has 2 aromatic rings. The second-order valence-electron chi connectivity index (χ2n) is 4.90. The lowest BCUT2D eigenvalue weighted by Crippen LogP contribution is -2.10. The number of ether oxygens (including phenoxy) is 1. The SMILES string of the molecule is BC(Nc1cccc(/C=C/C(=O)OC)c1)c1ccc(Br)cc1. The van der Waals surface area contributed by atoms with Gasteiger partial charge in [0.2, 0.25) is 0 Å². The van der Waals surface area contributed by atoms with Gasteiger partial charge < -0.3 is 10.1 Å². The van der Waals surface area contributed by atoms with E-state index in [1.165, 1.54) is 18.7 Å². The standard InChI is InChI=1S/C17H17BBrNO2/c1-22-16(21)10-5-12-3-2-4-15(11-12)20-17(18)13-6-8-14(19)9-7-13/h2-11,17,20H,18H2,1H3/b10-5+. The van der Waals surface area contributed by atoms with Crippen LogP contribution in [0.15, 0.2) is 59.1 Å². The van der Waals surface area contributed by atoms with Crippen LogP contribution in [0.3, 0.4) is 0 Å².